The molecule has 2 aromatic rings. The lowest BCUT2D eigenvalue weighted by Crippen LogP contribution is -2.21. The Morgan fingerprint density at radius 3 is 3.14 bits per heavy atom. The summed E-state index contributed by atoms with van der Waals surface area (Å²) in [4.78, 5) is 4.50. The van der Waals surface area contributed by atoms with Crippen molar-refractivity contribution in [2.75, 3.05) is 19.4 Å². The molecule has 1 atom stereocenters. The smallest absolute Gasteiger partial charge is 0.177 e. The van der Waals surface area contributed by atoms with Gasteiger partial charge in [-0.15, -0.1) is 11.8 Å². The fourth-order valence-electron chi connectivity index (χ4n) is 2.80. The molecule has 6 heteroatoms. The van der Waals surface area contributed by atoms with Crippen molar-refractivity contribution in [1.82, 2.24) is 9.55 Å². The zero-order valence-electron chi connectivity index (χ0n) is 12.0. The minimum absolute atomic E-state index is 0.370. The predicted molar refractivity (Wildman–Crippen MR) is 88.8 cm³/mol. The third-order valence-electron chi connectivity index (χ3n) is 3.81. The molecule has 4 nitrogen and oxygen atoms in total. The van der Waals surface area contributed by atoms with E-state index in [1.807, 2.05) is 24.0 Å². The van der Waals surface area contributed by atoms with Crippen LogP contribution in [0.1, 0.15) is 17.3 Å². The van der Waals surface area contributed by atoms with E-state index >= 15 is 0 Å². The normalized spacial score (nSPS) is 17.5. The quantitative estimate of drug-likeness (QED) is 0.850. The van der Waals surface area contributed by atoms with Gasteiger partial charge < -0.3 is 20.0 Å². The molecule has 1 aliphatic rings. The van der Waals surface area contributed by atoms with Crippen LogP contribution in [-0.2, 0) is 12.8 Å². The first-order valence-electron chi connectivity index (χ1n) is 7.01. The molecule has 0 saturated carbocycles. The maximum absolute atomic E-state index is 5.70. The van der Waals surface area contributed by atoms with Gasteiger partial charge in [0.2, 0.25) is 0 Å². The van der Waals surface area contributed by atoms with Gasteiger partial charge in [-0.25, -0.2) is 0 Å². The summed E-state index contributed by atoms with van der Waals surface area (Å²) < 4.78 is 8.35. The number of H-pyrrole nitrogens is 1. The molecule has 0 aliphatic carbocycles. The van der Waals surface area contributed by atoms with E-state index in [9.17, 15) is 0 Å². The second-order valence-electron chi connectivity index (χ2n) is 5.14. The summed E-state index contributed by atoms with van der Waals surface area (Å²) in [5, 5.41) is 0. The Labute approximate surface area is 133 Å². The number of imidazole rings is 1. The number of aromatic nitrogens is 2. The van der Waals surface area contributed by atoms with Gasteiger partial charge in [0.25, 0.3) is 0 Å². The number of nitrogens with two attached hydrogens (primary N) is 1. The zero-order valence-corrected chi connectivity index (χ0v) is 13.6. The van der Waals surface area contributed by atoms with Crippen LogP contribution in [0.4, 0.5) is 0 Å². The molecule has 0 saturated heterocycles. The molecule has 0 unspecified atom stereocenters. The highest BCUT2D eigenvalue weighted by Gasteiger charge is 2.23. The number of methoxy groups -OCH3 is 1. The summed E-state index contributed by atoms with van der Waals surface area (Å²) >= 11 is 7.33. The summed E-state index contributed by atoms with van der Waals surface area (Å²) in [6.45, 7) is 0.636. The Bertz CT molecular complexity index is 692. The van der Waals surface area contributed by atoms with Gasteiger partial charge in [0.05, 0.1) is 7.11 Å². The van der Waals surface area contributed by atoms with E-state index in [0.29, 0.717) is 12.6 Å². The molecular weight excluding hydrogens is 302 g/mol. The van der Waals surface area contributed by atoms with Crippen LogP contribution < -0.4 is 10.5 Å². The van der Waals surface area contributed by atoms with Crippen molar-refractivity contribution in [3.63, 3.8) is 0 Å². The van der Waals surface area contributed by atoms with Gasteiger partial charge in [-0.1, -0.05) is 0 Å². The van der Waals surface area contributed by atoms with Gasteiger partial charge in [0, 0.05) is 35.0 Å². The largest absolute Gasteiger partial charge is 0.497 e. The molecule has 1 aliphatic heterocycles. The summed E-state index contributed by atoms with van der Waals surface area (Å²) in [6.07, 6.45) is 3.81. The van der Waals surface area contributed by atoms with E-state index in [1.54, 1.807) is 7.11 Å². The third-order valence-corrected chi connectivity index (χ3v) is 5.39. The van der Waals surface area contributed by atoms with Gasteiger partial charge in [-0.2, -0.15) is 0 Å². The Morgan fingerprint density at radius 1 is 1.52 bits per heavy atom. The molecule has 0 bridgehead atoms. The fraction of sp³-hybridized carbons (Fsp3) is 0.400. The summed E-state index contributed by atoms with van der Waals surface area (Å²) in [5.41, 5.74) is 8.22. The van der Waals surface area contributed by atoms with Crippen molar-refractivity contribution in [3.8, 4) is 5.75 Å². The van der Waals surface area contributed by atoms with Crippen LogP contribution in [0.5, 0.6) is 5.75 Å². The number of rotatable bonds is 4. The Balaban J connectivity index is 1.92. The first-order valence-corrected chi connectivity index (χ1v) is 8.41. The average Bonchev–Trinajstić information content (AvgIpc) is 2.87. The van der Waals surface area contributed by atoms with Gasteiger partial charge in [-0.3, -0.25) is 0 Å². The van der Waals surface area contributed by atoms with Crippen molar-refractivity contribution < 1.29 is 4.74 Å². The molecular formula is C15H19N3OS2. The molecule has 21 heavy (non-hydrogen) atoms. The highest BCUT2D eigenvalue weighted by atomic mass is 32.2. The van der Waals surface area contributed by atoms with E-state index in [4.69, 9.17) is 22.7 Å². The molecule has 0 radical (unpaired) electrons. The van der Waals surface area contributed by atoms with Crippen molar-refractivity contribution in [1.29, 1.82) is 0 Å². The second kappa shape index (κ2) is 6.25. The Morgan fingerprint density at radius 2 is 2.38 bits per heavy atom. The summed E-state index contributed by atoms with van der Waals surface area (Å²) in [5.74, 6) is 1.94. The van der Waals surface area contributed by atoms with Crippen molar-refractivity contribution in [3.05, 3.63) is 40.4 Å². The van der Waals surface area contributed by atoms with Crippen LogP contribution >= 0.6 is 24.0 Å². The lowest BCUT2D eigenvalue weighted by Gasteiger charge is -2.27. The molecule has 1 aromatic heterocycles. The van der Waals surface area contributed by atoms with E-state index in [2.05, 4.69) is 21.7 Å². The SMILES string of the molecule is COc1ccc2c(c1)C[C@@H](n1c(CCN)c[nH]c1=S)CS2. The van der Waals surface area contributed by atoms with Crippen molar-refractivity contribution in [2.45, 2.75) is 23.8 Å². The number of hydrogen-bond donors (Lipinski definition) is 2. The maximum Gasteiger partial charge on any atom is 0.177 e. The molecule has 2 heterocycles. The number of nitrogens with one attached hydrogen (secondary N) is 1. The van der Waals surface area contributed by atoms with Crippen LogP contribution in [0.3, 0.4) is 0 Å². The molecule has 0 fully saturated rings. The van der Waals surface area contributed by atoms with Gasteiger partial charge >= 0.3 is 0 Å². The lowest BCUT2D eigenvalue weighted by atomic mass is 10.1. The second-order valence-corrected chi connectivity index (χ2v) is 6.58. The van der Waals surface area contributed by atoms with Gasteiger partial charge in [-0.05, 0) is 48.9 Å². The van der Waals surface area contributed by atoms with E-state index in [1.165, 1.54) is 16.2 Å². The standard InChI is InChI=1S/C15H19N3OS2/c1-19-13-2-3-14-10(7-13)6-12(9-21-14)18-11(4-5-16)8-17-15(18)20/h2-3,7-8,12H,4-6,9,16H2,1H3,(H,17,20)/t12-/m1/s1. The first kappa shape index (κ1) is 14.7. The van der Waals surface area contributed by atoms with Crippen molar-refractivity contribution >= 4 is 24.0 Å². The van der Waals surface area contributed by atoms with Crippen LogP contribution in [0, 0.1) is 4.77 Å². The van der Waals surface area contributed by atoms with Crippen molar-refractivity contribution in [2.24, 2.45) is 5.73 Å². The minimum Gasteiger partial charge on any atom is -0.497 e. The molecule has 3 rings (SSSR count). The molecule has 3 N–H and O–H groups in total. The number of ether oxygens (including phenoxy) is 1. The fourth-order valence-corrected chi connectivity index (χ4v) is 4.26. The van der Waals surface area contributed by atoms with E-state index in [-0.39, 0.29) is 0 Å². The molecule has 0 spiro atoms. The highest BCUT2D eigenvalue weighted by molar-refractivity contribution is 7.99. The van der Waals surface area contributed by atoms with Crippen LogP contribution in [0.25, 0.3) is 0 Å². The summed E-state index contributed by atoms with van der Waals surface area (Å²) in [6, 6.07) is 6.67. The monoisotopic (exact) mass is 321 g/mol. The minimum atomic E-state index is 0.370. The number of thioether (sulfide) groups is 1. The highest BCUT2D eigenvalue weighted by Crippen LogP contribution is 2.37. The number of benzene rings is 1. The predicted octanol–water partition coefficient (Wildman–Crippen LogP) is 2.94. The zero-order chi connectivity index (χ0) is 14.8. The molecule has 0 amide bonds. The van der Waals surface area contributed by atoms with Crippen LogP contribution in [0.2, 0.25) is 0 Å². The third kappa shape index (κ3) is 2.88. The first-order chi connectivity index (χ1) is 10.2. The maximum atomic E-state index is 5.70. The van der Waals surface area contributed by atoms with E-state index in [0.717, 1.165) is 29.1 Å². The average molecular weight is 321 g/mol. The Kier molecular flexibility index (Phi) is 4.37. The lowest BCUT2D eigenvalue weighted by molar-refractivity contribution is 0.413. The topological polar surface area (TPSA) is 56.0 Å². The Hall–Kier alpha value is -1.24. The molecule has 1 aromatic carbocycles. The molecule has 112 valence electrons. The van der Waals surface area contributed by atoms with Crippen LogP contribution in [-0.4, -0.2) is 29.0 Å². The summed E-state index contributed by atoms with van der Waals surface area (Å²) in [7, 11) is 1.71. The van der Waals surface area contributed by atoms with E-state index < -0.39 is 0 Å². The van der Waals surface area contributed by atoms with Gasteiger partial charge in [0.15, 0.2) is 4.77 Å². The van der Waals surface area contributed by atoms with Crippen LogP contribution in [0.15, 0.2) is 29.3 Å². The number of fused-ring (bicyclic) bond motifs is 1. The number of nitrogens with zero attached hydrogens (tertiary/aromatic N) is 1. The number of aromatic amines is 1. The number of hydrogen-bond acceptors (Lipinski definition) is 4. The van der Waals surface area contributed by atoms with Gasteiger partial charge in [0.1, 0.15) is 5.75 Å².